The van der Waals surface area contributed by atoms with Crippen molar-refractivity contribution in [3.8, 4) is 11.5 Å². The van der Waals surface area contributed by atoms with Crippen molar-refractivity contribution in [2.75, 3.05) is 19.8 Å². The minimum Gasteiger partial charge on any atom is -0.493 e. The second-order valence-corrected chi connectivity index (χ2v) is 11.0. The first-order chi connectivity index (χ1) is 18.5. The van der Waals surface area contributed by atoms with E-state index in [2.05, 4.69) is 13.8 Å². The molecule has 0 unspecified atom stereocenters. The van der Waals surface area contributed by atoms with E-state index < -0.39 is 17.5 Å². The van der Waals surface area contributed by atoms with Crippen LogP contribution in [0.4, 0.5) is 13.2 Å². The summed E-state index contributed by atoms with van der Waals surface area (Å²) >= 11 is 0. The molecule has 0 heterocycles. The van der Waals surface area contributed by atoms with Crippen molar-refractivity contribution in [3.05, 3.63) is 58.9 Å². The van der Waals surface area contributed by atoms with Crippen molar-refractivity contribution in [2.24, 2.45) is 5.92 Å². The number of unbranched alkanes of at least 4 members (excludes halogenated alkanes) is 1. The van der Waals surface area contributed by atoms with Gasteiger partial charge < -0.3 is 14.2 Å². The zero-order chi connectivity index (χ0) is 26.9. The van der Waals surface area contributed by atoms with Gasteiger partial charge in [-0.15, -0.1) is 0 Å². The maximum Gasteiger partial charge on any atom is 0.168 e. The van der Waals surface area contributed by atoms with E-state index in [0.29, 0.717) is 36.0 Å². The molecule has 2 aromatic carbocycles. The molecule has 2 aliphatic rings. The van der Waals surface area contributed by atoms with Crippen LogP contribution in [0.3, 0.4) is 0 Å². The third-order valence-corrected chi connectivity index (χ3v) is 8.24. The Morgan fingerprint density at radius 1 is 0.711 bits per heavy atom. The van der Waals surface area contributed by atoms with Crippen molar-refractivity contribution in [1.82, 2.24) is 0 Å². The largest absolute Gasteiger partial charge is 0.493 e. The van der Waals surface area contributed by atoms with Crippen molar-refractivity contribution in [3.63, 3.8) is 0 Å². The highest BCUT2D eigenvalue weighted by Crippen LogP contribution is 2.41. The van der Waals surface area contributed by atoms with Crippen molar-refractivity contribution < 1.29 is 27.4 Å². The van der Waals surface area contributed by atoms with Crippen LogP contribution in [-0.2, 0) is 4.74 Å². The van der Waals surface area contributed by atoms with Gasteiger partial charge in [0.15, 0.2) is 23.2 Å². The first-order valence-corrected chi connectivity index (χ1v) is 14.6. The summed E-state index contributed by atoms with van der Waals surface area (Å²) in [6, 6.07) is 8.37. The molecule has 0 amide bonds. The average molecular weight is 533 g/mol. The molecule has 0 spiro atoms. The maximum atomic E-state index is 15.2. The van der Waals surface area contributed by atoms with Crippen LogP contribution in [0.2, 0.25) is 0 Å². The Bertz CT molecular complexity index is 1010. The van der Waals surface area contributed by atoms with Gasteiger partial charge in [-0.3, -0.25) is 0 Å². The van der Waals surface area contributed by atoms with E-state index in [1.165, 1.54) is 6.07 Å². The van der Waals surface area contributed by atoms with Gasteiger partial charge in [0, 0.05) is 12.7 Å². The molecule has 4 rings (SSSR count). The molecule has 38 heavy (non-hydrogen) atoms. The van der Waals surface area contributed by atoms with Crippen molar-refractivity contribution >= 4 is 0 Å². The highest BCUT2D eigenvalue weighted by molar-refractivity contribution is 5.33. The Balaban J connectivity index is 1.26. The number of rotatable bonds is 12. The number of halogens is 3. The summed E-state index contributed by atoms with van der Waals surface area (Å²) in [5.74, 6) is -0.603. The van der Waals surface area contributed by atoms with Crippen molar-refractivity contribution in [2.45, 2.75) is 102 Å². The second kappa shape index (κ2) is 14.3. The summed E-state index contributed by atoms with van der Waals surface area (Å²) in [7, 11) is 0. The lowest BCUT2D eigenvalue weighted by molar-refractivity contribution is 0.0248. The lowest BCUT2D eigenvalue weighted by Gasteiger charge is -2.31. The molecule has 0 aliphatic heterocycles. The predicted molar refractivity (Wildman–Crippen MR) is 145 cm³/mol. The van der Waals surface area contributed by atoms with E-state index in [1.54, 1.807) is 12.1 Å². The van der Waals surface area contributed by atoms with Gasteiger partial charge in [-0.25, -0.2) is 13.2 Å². The maximum absolute atomic E-state index is 15.2. The van der Waals surface area contributed by atoms with Crippen LogP contribution in [0.25, 0.3) is 0 Å². The molecular formula is C32H43F3O3. The third-order valence-electron chi connectivity index (χ3n) is 8.24. The fourth-order valence-electron chi connectivity index (χ4n) is 5.90. The molecule has 2 saturated carbocycles. The van der Waals surface area contributed by atoms with E-state index >= 15 is 8.78 Å². The van der Waals surface area contributed by atoms with Crippen LogP contribution >= 0.6 is 0 Å². The Labute approximate surface area is 226 Å². The topological polar surface area (TPSA) is 27.7 Å². The Morgan fingerprint density at radius 3 is 1.92 bits per heavy atom. The summed E-state index contributed by atoms with van der Waals surface area (Å²) in [5, 5.41) is 0. The highest BCUT2D eigenvalue weighted by atomic mass is 19.2. The SMILES string of the molecule is CCCCOc1ccc(OCC2CCC(c3ccc(C4CCC(OCCC)CC4)c(F)c3F)CC2)cc1F. The third kappa shape index (κ3) is 7.46. The number of benzene rings is 2. The van der Waals surface area contributed by atoms with Gasteiger partial charge in [-0.05, 0) is 105 Å². The molecule has 2 aliphatic carbocycles. The van der Waals surface area contributed by atoms with Gasteiger partial charge in [0.25, 0.3) is 0 Å². The van der Waals surface area contributed by atoms with Gasteiger partial charge >= 0.3 is 0 Å². The molecule has 0 saturated heterocycles. The average Bonchev–Trinajstić information content (AvgIpc) is 2.94. The lowest BCUT2D eigenvalue weighted by Crippen LogP contribution is -2.22. The van der Waals surface area contributed by atoms with Crippen LogP contribution in [0, 0.1) is 23.4 Å². The Hall–Kier alpha value is -2.21. The fourth-order valence-corrected chi connectivity index (χ4v) is 5.90. The number of hydrogen-bond acceptors (Lipinski definition) is 3. The minimum atomic E-state index is -0.664. The summed E-state index contributed by atoms with van der Waals surface area (Å²) in [4.78, 5) is 0. The van der Waals surface area contributed by atoms with Crippen LogP contribution < -0.4 is 9.47 Å². The molecule has 0 radical (unpaired) electrons. The molecule has 6 heteroatoms. The summed E-state index contributed by atoms with van der Waals surface area (Å²) in [6.45, 7) is 5.91. The van der Waals surface area contributed by atoms with E-state index in [9.17, 15) is 4.39 Å². The first kappa shape index (κ1) is 28.8. The molecular weight excluding hydrogens is 489 g/mol. The molecule has 0 bridgehead atoms. The molecule has 210 valence electrons. The quantitative estimate of drug-likeness (QED) is 0.255. The van der Waals surface area contributed by atoms with Crippen LogP contribution in [0.15, 0.2) is 30.3 Å². The van der Waals surface area contributed by atoms with Gasteiger partial charge in [0.2, 0.25) is 0 Å². The summed E-state index contributed by atoms with van der Waals surface area (Å²) < 4.78 is 61.8. The predicted octanol–water partition coefficient (Wildman–Crippen LogP) is 9.09. The first-order valence-electron chi connectivity index (χ1n) is 14.6. The molecule has 2 aromatic rings. The Kier molecular flexibility index (Phi) is 10.8. The van der Waals surface area contributed by atoms with Gasteiger partial charge in [0.05, 0.1) is 19.3 Å². The van der Waals surface area contributed by atoms with E-state index in [-0.39, 0.29) is 23.7 Å². The number of hydrogen-bond donors (Lipinski definition) is 0. The molecule has 2 fully saturated rings. The molecule has 0 aromatic heterocycles. The molecule has 0 atom stereocenters. The van der Waals surface area contributed by atoms with Crippen LogP contribution in [-0.4, -0.2) is 25.9 Å². The van der Waals surface area contributed by atoms with Gasteiger partial charge in [-0.2, -0.15) is 0 Å². The Morgan fingerprint density at radius 2 is 1.34 bits per heavy atom. The van der Waals surface area contributed by atoms with Crippen LogP contribution in [0.5, 0.6) is 11.5 Å². The van der Waals surface area contributed by atoms with E-state index in [4.69, 9.17) is 14.2 Å². The fraction of sp³-hybridized carbons (Fsp3) is 0.625. The zero-order valence-corrected chi connectivity index (χ0v) is 23.0. The van der Waals surface area contributed by atoms with Gasteiger partial charge in [-0.1, -0.05) is 32.4 Å². The lowest BCUT2D eigenvalue weighted by atomic mass is 9.77. The summed E-state index contributed by atoms with van der Waals surface area (Å²) in [5.41, 5.74) is 1.03. The smallest absolute Gasteiger partial charge is 0.168 e. The zero-order valence-electron chi connectivity index (χ0n) is 23.0. The molecule has 3 nitrogen and oxygen atoms in total. The highest BCUT2D eigenvalue weighted by Gasteiger charge is 2.30. The van der Waals surface area contributed by atoms with E-state index in [1.807, 2.05) is 12.1 Å². The summed E-state index contributed by atoms with van der Waals surface area (Å²) in [6.07, 6.45) is 9.95. The molecule has 0 N–H and O–H groups in total. The van der Waals surface area contributed by atoms with Gasteiger partial charge in [0.1, 0.15) is 5.75 Å². The van der Waals surface area contributed by atoms with Crippen molar-refractivity contribution in [1.29, 1.82) is 0 Å². The number of ether oxygens (including phenoxy) is 3. The normalized spacial score (nSPS) is 23.8. The second-order valence-electron chi connectivity index (χ2n) is 11.0. The van der Waals surface area contributed by atoms with Crippen LogP contribution in [0.1, 0.15) is 107 Å². The standard InChI is InChI=1S/C32H43F3O3/c1-3-5-19-37-30-17-14-26(20-29(30)33)38-21-22-6-8-23(9-7-22)27-15-16-28(32(35)31(27)34)24-10-12-25(13-11-24)36-18-4-2/h14-17,20,22-25H,3-13,18-19,21H2,1-2H3. The monoisotopic (exact) mass is 532 g/mol. The van der Waals surface area contributed by atoms with E-state index in [0.717, 1.165) is 77.2 Å². The minimum absolute atomic E-state index is 0.0185.